The van der Waals surface area contributed by atoms with Crippen molar-refractivity contribution in [2.24, 2.45) is 4.99 Å². The zero-order valence-electron chi connectivity index (χ0n) is 14.5. The van der Waals surface area contributed by atoms with E-state index in [1.165, 1.54) is 0 Å². The van der Waals surface area contributed by atoms with Crippen LogP contribution in [0.2, 0.25) is 0 Å². The van der Waals surface area contributed by atoms with Gasteiger partial charge in [-0.15, -0.1) is 0 Å². The first kappa shape index (κ1) is 18.3. The molecule has 2 aliphatic rings. The van der Waals surface area contributed by atoms with E-state index in [-0.39, 0.29) is 23.6 Å². The molecule has 0 aliphatic carbocycles. The summed E-state index contributed by atoms with van der Waals surface area (Å²) in [4.78, 5) is 6.68. The van der Waals surface area contributed by atoms with Gasteiger partial charge in [-0.3, -0.25) is 4.99 Å². The topological polar surface area (TPSA) is 77.4 Å². The monoisotopic (exact) mass is 386 g/mol. The number of nitrogens with zero attached hydrogens (tertiary/aromatic N) is 2. The standard InChI is InChI=1S/C16H22N2O5S2/c1-21-6-7-24-16-17-12-9-25(19,20)10-13(12)18(16)11-4-5-14(22-2)15(8-11)23-3/h4-5,8,12-13H,6-7,9-10H2,1-3H3/t12-,13-/m1/s1. The Balaban J connectivity index is 1.93. The third-order valence-electron chi connectivity index (χ3n) is 4.27. The second-order valence-corrected chi connectivity index (χ2v) is 9.09. The second kappa shape index (κ2) is 7.43. The molecule has 0 bridgehead atoms. The van der Waals surface area contributed by atoms with E-state index in [1.807, 2.05) is 23.1 Å². The molecule has 2 heterocycles. The van der Waals surface area contributed by atoms with Gasteiger partial charge in [-0.2, -0.15) is 0 Å². The van der Waals surface area contributed by atoms with E-state index in [0.717, 1.165) is 16.6 Å². The lowest BCUT2D eigenvalue weighted by atomic mass is 10.1. The molecule has 2 aliphatic heterocycles. The quantitative estimate of drug-likeness (QED) is 0.685. The average Bonchev–Trinajstić information content (AvgIpc) is 3.05. The molecule has 1 aromatic carbocycles. The molecule has 0 amide bonds. The van der Waals surface area contributed by atoms with Crippen molar-refractivity contribution >= 4 is 32.5 Å². The molecular weight excluding hydrogens is 364 g/mol. The van der Waals surface area contributed by atoms with Crippen molar-refractivity contribution in [3.05, 3.63) is 18.2 Å². The van der Waals surface area contributed by atoms with E-state index < -0.39 is 9.84 Å². The van der Waals surface area contributed by atoms with Gasteiger partial charge in [0.1, 0.15) is 0 Å². The molecule has 0 unspecified atom stereocenters. The number of aliphatic imine (C=N–C) groups is 1. The number of methoxy groups -OCH3 is 3. The van der Waals surface area contributed by atoms with Gasteiger partial charge in [0.2, 0.25) is 0 Å². The molecule has 0 radical (unpaired) electrons. The Morgan fingerprint density at radius 1 is 1.20 bits per heavy atom. The fourth-order valence-electron chi connectivity index (χ4n) is 3.13. The summed E-state index contributed by atoms with van der Waals surface area (Å²) < 4.78 is 39.9. The van der Waals surface area contributed by atoms with E-state index in [4.69, 9.17) is 14.2 Å². The summed E-state index contributed by atoms with van der Waals surface area (Å²) in [6, 6.07) is 5.19. The number of thioether (sulfide) groups is 1. The van der Waals surface area contributed by atoms with Crippen molar-refractivity contribution in [2.45, 2.75) is 12.1 Å². The Hall–Kier alpha value is -1.45. The van der Waals surface area contributed by atoms with E-state index in [0.29, 0.717) is 18.1 Å². The summed E-state index contributed by atoms with van der Waals surface area (Å²) in [5, 5.41) is 0.828. The zero-order chi connectivity index (χ0) is 18.0. The number of hydrogen-bond acceptors (Lipinski definition) is 8. The number of amidine groups is 1. The van der Waals surface area contributed by atoms with Crippen LogP contribution < -0.4 is 14.4 Å². The van der Waals surface area contributed by atoms with Gasteiger partial charge in [-0.25, -0.2) is 8.42 Å². The molecule has 7 nitrogen and oxygen atoms in total. The van der Waals surface area contributed by atoms with E-state index in [1.54, 1.807) is 33.1 Å². The summed E-state index contributed by atoms with van der Waals surface area (Å²) in [7, 11) is 1.76. The number of benzene rings is 1. The molecule has 3 rings (SSSR count). The molecule has 0 aromatic heterocycles. The first-order chi connectivity index (χ1) is 12.0. The van der Waals surface area contributed by atoms with E-state index in [2.05, 4.69) is 4.99 Å². The van der Waals surface area contributed by atoms with Gasteiger partial charge in [-0.05, 0) is 12.1 Å². The van der Waals surface area contributed by atoms with Crippen LogP contribution >= 0.6 is 11.8 Å². The van der Waals surface area contributed by atoms with Gasteiger partial charge >= 0.3 is 0 Å². The van der Waals surface area contributed by atoms with E-state index in [9.17, 15) is 8.42 Å². The minimum atomic E-state index is -3.06. The van der Waals surface area contributed by atoms with Crippen LogP contribution in [0.1, 0.15) is 0 Å². The highest BCUT2D eigenvalue weighted by molar-refractivity contribution is 8.14. The minimum absolute atomic E-state index is 0.107. The van der Waals surface area contributed by atoms with Crippen molar-refractivity contribution in [1.82, 2.24) is 0 Å². The number of rotatable bonds is 6. The molecule has 0 N–H and O–H groups in total. The number of sulfone groups is 1. The zero-order valence-corrected chi connectivity index (χ0v) is 16.1. The van der Waals surface area contributed by atoms with Gasteiger partial charge in [0.05, 0.1) is 44.4 Å². The first-order valence-electron chi connectivity index (χ1n) is 7.90. The summed E-state index contributed by atoms with van der Waals surface area (Å²) in [5.41, 5.74) is 0.853. The largest absolute Gasteiger partial charge is 0.493 e. The van der Waals surface area contributed by atoms with Gasteiger partial charge in [0, 0.05) is 24.6 Å². The Labute approximate surface area is 152 Å². The van der Waals surface area contributed by atoms with Crippen LogP contribution in [0.4, 0.5) is 5.69 Å². The number of hydrogen-bond donors (Lipinski definition) is 0. The lowest BCUT2D eigenvalue weighted by Gasteiger charge is -2.27. The summed E-state index contributed by atoms with van der Waals surface area (Å²) in [5.74, 6) is 2.21. The molecule has 138 valence electrons. The molecule has 1 saturated heterocycles. The van der Waals surface area contributed by atoms with Crippen molar-refractivity contribution in [3.8, 4) is 11.5 Å². The fraction of sp³-hybridized carbons (Fsp3) is 0.562. The van der Waals surface area contributed by atoms with Gasteiger partial charge in [0.15, 0.2) is 26.5 Å². The fourth-order valence-corrected chi connectivity index (χ4v) is 5.99. The highest BCUT2D eigenvalue weighted by atomic mass is 32.2. The molecule has 0 spiro atoms. The molecular formula is C16H22N2O5S2. The van der Waals surface area contributed by atoms with Crippen molar-refractivity contribution in [3.63, 3.8) is 0 Å². The third kappa shape index (κ3) is 3.73. The summed E-state index contributed by atoms with van der Waals surface area (Å²) >= 11 is 1.58. The Morgan fingerprint density at radius 2 is 1.96 bits per heavy atom. The van der Waals surface area contributed by atoms with Crippen molar-refractivity contribution in [1.29, 1.82) is 0 Å². The van der Waals surface area contributed by atoms with Crippen LogP contribution in [0.3, 0.4) is 0 Å². The predicted octanol–water partition coefficient (Wildman–Crippen LogP) is 1.43. The van der Waals surface area contributed by atoms with Gasteiger partial charge < -0.3 is 19.1 Å². The second-order valence-electron chi connectivity index (χ2n) is 5.87. The van der Waals surface area contributed by atoms with E-state index >= 15 is 0 Å². The maximum absolute atomic E-state index is 12.0. The van der Waals surface area contributed by atoms with Gasteiger partial charge in [0.25, 0.3) is 0 Å². The highest BCUT2D eigenvalue weighted by Crippen LogP contribution is 2.38. The number of anilines is 1. The molecule has 2 atom stereocenters. The van der Waals surface area contributed by atoms with Crippen LogP contribution in [0, 0.1) is 0 Å². The maximum atomic E-state index is 12.0. The molecule has 25 heavy (non-hydrogen) atoms. The lowest BCUT2D eigenvalue weighted by Crippen LogP contribution is -2.39. The summed E-state index contributed by atoms with van der Waals surface area (Å²) in [6.45, 7) is 0.608. The average molecular weight is 386 g/mol. The van der Waals surface area contributed by atoms with Crippen LogP contribution in [-0.4, -0.2) is 70.9 Å². The molecule has 1 fully saturated rings. The normalized spacial score (nSPS) is 24.1. The minimum Gasteiger partial charge on any atom is -0.493 e. The molecule has 0 saturated carbocycles. The Bertz CT molecular complexity index is 766. The smallest absolute Gasteiger partial charge is 0.164 e. The van der Waals surface area contributed by atoms with Crippen molar-refractivity contribution < 1.29 is 22.6 Å². The number of ether oxygens (including phenoxy) is 3. The maximum Gasteiger partial charge on any atom is 0.164 e. The van der Waals surface area contributed by atoms with Crippen LogP contribution in [-0.2, 0) is 14.6 Å². The summed E-state index contributed by atoms with van der Waals surface area (Å²) in [6.07, 6.45) is 0. The third-order valence-corrected chi connectivity index (χ3v) is 6.90. The lowest BCUT2D eigenvalue weighted by molar-refractivity contribution is 0.219. The Morgan fingerprint density at radius 3 is 2.64 bits per heavy atom. The van der Waals surface area contributed by atoms with Crippen LogP contribution in [0.15, 0.2) is 23.2 Å². The highest BCUT2D eigenvalue weighted by Gasteiger charge is 2.47. The van der Waals surface area contributed by atoms with Crippen LogP contribution in [0.5, 0.6) is 11.5 Å². The van der Waals surface area contributed by atoms with Gasteiger partial charge in [-0.1, -0.05) is 11.8 Å². The Kier molecular flexibility index (Phi) is 5.45. The number of fused-ring (bicyclic) bond motifs is 1. The molecule has 1 aromatic rings. The first-order valence-corrected chi connectivity index (χ1v) is 10.7. The predicted molar refractivity (Wildman–Crippen MR) is 100 cm³/mol. The molecule has 9 heteroatoms. The SMILES string of the molecule is COCCSC1=N[C@@H]2CS(=O)(=O)C[C@H]2N1c1ccc(OC)c(OC)c1. The van der Waals surface area contributed by atoms with Crippen LogP contribution in [0.25, 0.3) is 0 Å². The van der Waals surface area contributed by atoms with Crippen molar-refractivity contribution in [2.75, 3.05) is 50.1 Å².